The van der Waals surface area contributed by atoms with Crippen molar-refractivity contribution in [2.24, 2.45) is 5.41 Å². The third-order valence-electron chi connectivity index (χ3n) is 5.74. The Morgan fingerprint density at radius 3 is 2.42 bits per heavy atom. The van der Waals surface area contributed by atoms with Gasteiger partial charge in [0, 0.05) is 23.3 Å². The fourth-order valence-electron chi connectivity index (χ4n) is 4.00. The number of carbonyl (C=O) groups is 1. The fourth-order valence-corrected chi connectivity index (χ4v) is 5.46. The van der Waals surface area contributed by atoms with Crippen LogP contribution < -0.4 is 4.72 Å². The Balaban J connectivity index is 1.97. The van der Waals surface area contributed by atoms with Crippen molar-refractivity contribution in [1.29, 1.82) is 0 Å². The van der Waals surface area contributed by atoms with Crippen molar-refractivity contribution in [3.63, 3.8) is 0 Å². The number of nitrogens with one attached hydrogen (secondary N) is 1. The second-order valence-corrected chi connectivity index (χ2v) is 13.4. The summed E-state index contributed by atoms with van der Waals surface area (Å²) in [5, 5.41) is 0. The molecule has 2 aliphatic rings. The highest BCUT2D eigenvalue weighted by atomic mass is 79.9. The van der Waals surface area contributed by atoms with Crippen LogP contribution in [0.4, 0.5) is 13.6 Å². The molecule has 0 aromatic heterocycles. The molecule has 0 bridgehead atoms. The highest BCUT2D eigenvalue weighted by molar-refractivity contribution is 9.10. The van der Waals surface area contributed by atoms with E-state index in [0.29, 0.717) is 6.54 Å². The van der Waals surface area contributed by atoms with Gasteiger partial charge in [-0.2, -0.15) is 0 Å². The monoisotopic (exact) mass is 520 g/mol. The molecule has 0 radical (unpaired) electrons. The van der Waals surface area contributed by atoms with Gasteiger partial charge in [0.05, 0.1) is 16.6 Å². The molecule has 1 N–H and O–H groups in total. The number of ether oxygens (including phenoxy) is 1. The van der Waals surface area contributed by atoms with Crippen LogP contribution >= 0.6 is 15.9 Å². The van der Waals surface area contributed by atoms with Gasteiger partial charge >= 0.3 is 6.09 Å². The molecule has 3 atom stereocenters. The van der Waals surface area contributed by atoms with Gasteiger partial charge in [0.25, 0.3) is 0 Å². The normalized spacial score (nSPS) is 23.9. The van der Waals surface area contributed by atoms with Crippen molar-refractivity contribution in [2.75, 3.05) is 6.54 Å². The van der Waals surface area contributed by atoms with Crippen LogP contribution in [-0.4, -0.2) is 44.5 Å². The van der Waals surface area contributed by atoms with Gasteiger partial charge in [0.15, 0.2) is 0 Å². The van der Waals surface area contributed by atoms with Gasteiger partial charge < -0.3 is 14.2 Å². The summed E-state index contributed by atoms with van der Waals surface area (Å²) in [4.78, 5) is 14.7. The molecule has 3 rings (SSSR count). The van der Waals surface area contributed by atoms with E-state index in [1.807, 2.05) is 20.8 Å². The van der Waals surface area contributed by atoms with E-state index < -0.39 is 45.5 Å². The number of rotatable bonds is 4. The highest BCUT2D eigenvalue weighted by Gasteiger charge is 2.63. The molecule has 1 amide bonds. The van der Waals surface area contributed by atoms with Crippen molar-refractivity contribution in [3.8, 4) is 0 Å². The Labute approximate surface area is 194 Å². The topological polar surface area (TPSA) is 64.6 Å². The lowest BCUT2D eigenvalue weighted by atomic mass is 9.92. The second kappa shape index (κ2) is 8.47. The minimum atomic E-state index is -1.38. The van der Waals surface area contributed by atoms with Gasteiger partial charge in [-0.1, -0.05) is 0 Å². The van der Waals surface area contributed by atoms with Crippen molar-refractivity contribution < 1.29 is 22.9 Å². The Hall–Kier alpha value is -0.900. The smallest absolute Gasteiger partial charge is 0.410 e. The fraction of sp³-hybridized carbons (Fsp3) is 0.682. The first-order chi connectivity index (χ1) is 14.1. The van der Waals surface area contributed by atoms with Gasteiger partial charge in [-0.05, 0) is 94.4 Å². The predicted octanol–water partition coefficient (Wildman–Crippen LogP) is 5.09. The number of carbonyl (C=O) groups excluding carboxylic acids is 1. The highest BCUT2D eigenvalue weighted by Crippen LogP contribution is 2.56. The molecule has 1 aliphatic carbocycles. The zero-order valence-electron chi connectivity index (χ0n) is 18.9. The summed E-state index contributed by atoms with van der Waals surface area (Å²) in [6.45, 7) is 11.4. The molecule has 1 saturated carbocycles. The lowest BCUT2D eigenvalue weighted by molar-refractivity contribution is 0.0213. The van der Waals surface area contributed by atoms with Crippen molar-refractivity contribution in [2.45, 2.75) is 83.2 Å². The van der Waals surface area contributed by atoms with Crippen LogP contribution in [0, 0.1) is 17.0 Å². The minimum Gasteiger partial charge on any atom is -0.598 e. The molecule has 1 unspecified atom stereocenters. The molecule has 2 fully saturated rings. The molecular weight excluding hydrogens is 490 g/mol. The summed E-state index contributed by atoms with van der Waals surface area (Å²) < 4.78 is 50.1. The zero-order chi connectivity index (χ0) is 23.4. The third kappa shape index (κ3) is 5.54. The molecule has 31 heavy (non-hydrogen) atoms. The molecule has 1 spiro atoms. The summed E-state index contributed by atoms with van der Waals surface area (Å²) in [7, 11) is 0. The largest absolute Gasteiger partial charge is 0.598 e. The zero-order valence-corrected chi connectivity index (χ0v) is 21.3. The summed E-state index contributed by atoms with van der Waals surface area (Å²) in [6, 6.07) is 1.39. The molecule has 1 heterocycles. The van der Waals surface area contributed by atoms with Gasteiger partial charge in [-0.15, -0.1) is 4.72 Å². The van der Waals surface area contributed by atoms with Gasteiger partial charge in [0.1, 0.15) is 22.0 Å². The summed E-state index contributed by atoms with van der Waals surface area (Å²) in [5.74, 6) is -1.12. The van der Waals surface area contributed by atoms with Crippen LogP contribution in [0.15, 0.2) is 16.6 Å². The average Bonchev–Trinajstić information content (AvgIpc) is 3.31. The molecule has 174 valence electrons. The van der Waals surface area contributed by atoms with E-state index in [1.165, 1.54) is 0 Å². The molecule has 9 heteroatoms. The number of likely N-dealkylation sites (tertiary alicyclic amines) is 1. The molecule has 1 aromatic carbocycles. The maximum Gasteiger partial charge on any atom is 0.410 e. The van der Waals surface area contributed by atoms with E-state index in [0.717, 1.165) is 25.0 Å². The summed E-state index contributed by atoms with van der Waals surface area (Å²) >= 11 is 1.68. The predicted molar refractivity (Wildman–Crippen MR) is 121 cm³/mol. The van der Waals surface area contributed by atoms with Gasteiger partial charge in [-0.25, -0.2) is 13.6 Å². The number of benzene rings is 1. The Bertz CT molecular complexity index is 852. The first-order valence-corrected chi connectivity index (χ1v) is 12.4. The van der Waals surface area contributed by atoms with E-state index in [1.54, 1.807) is 25.7 Å². The van der Waals surface area contributed by atoms with Crippen LogP contribution in [-0.2, 0) is 22.5 Å². The number of nitrogens with zero attached hydrogens (tertiary/aromatic N) is 1. The Morgan fingerprint density at radius 1 is 1.29 bits per heavy atom. The molecule has 1 saturated heterocycles. The molecular formula is C22H31BrF2N2O3S. The average molecular weight is 521 g/mol. The maximum atomic E-state index is 14.8. The Morgan fingerprint density at radius 2 is 1.90 bits per heavy atom. The SMILES string of the molecule is CC(C)(C)OC(=O)N1CC2(CC2)[C@H](N[S+]([O-])C(C)(C)C)[C@@H]1Cc1cc(F)cc(Br)c1F. The Kier molecular flexibility index (Phi) is 6.75. The lowest BCUT2D eigenvalue weighted by Gasteiger charge is -2.33. The second-order valence-electron chi connectivity index (χ2n) is 10.6. The van der Waals surface area contributed by atoms with E-state index in [-0.39, 0.29) is 27.9 Å². The lowest BCUT2D eigenvalue weighted by Crippen LogP contribution is -2.53. The number of hydrogen-bond acceptors (Lipinski definition) is 4. The number of hydrogen-bond donors (Lipinski definition) is 1. The van der Waals surface area contributed by atoms with Gasteiger partial charge in [-0.3, -0.25) is 0 Å². The quantitative estimate of drug-likeness (QED) is 0.443. The first-order valence-electron chi connectivity index (χ1n) is 10.4. The van der Waals surface area contributed by atoms with Gasteiger partial charge in [0.2, 0.25) is 0 Å². The standard InChI is InChI=1S/C22H31BrF2N2O3S/c1-20(2,3)30-19(28)27-12-22(7-8-22)18(26-31(29)21(4,5)6)16(27)10-13-9-14(24)11-15(23)17(13)25/h9,11,16,18,26H,7-8,10,12H2,1-6H3/t16-,18+,31?/m0/s1. The van der Waals surface area contributed by atoms with Crippen molar-refractivity contribution >= 4 is 33.4 Å². The maximum absolute atomic E-state index is 14.8. The first kappa shape index (κ1) is 24.7. The van der Waals surface area contributed by atoms with Crippen LogP contribution in [0.5, 0.6) is 0 Å². The molecule has 1 aliphatic heterocycles. The van der Waals surface area contributed by atoms with Crippen LogP contribution in [0.3, 0.4) is 0 Å². The summed E-state index contributed by atoms with van der Waals surface area (Å²) in [5.41, 5.74) is -0.758. The van der Waals surface area contributed by atoms with Crippen molar-refractivity contribution in [1.82, 2.24) is 9.62 Å². The van der Waals surface area contributed by atoms with Crippen molar-refractivity contribution in [3.05, 3.63) is 33.8 Å². The van der Waals surface area contributed by atoms with E-state index in [9.17, 15) is 18.1 Å². The third-order valence-corrected chi connectivity index (χ3v) is 7.90. The van der Waals surface area contributed by atoms with Crippen LogP contribution in [0.25, 0.3) is 0 Å². The number of halogens is 3. The molecule has 5 nitrogen and oxygen atoms in total. The molecule has 1 aromatic rings. The van der Waals surface area contributed by atoms with E-state index in [4.69, 9.17) is 4.74 Å². The van der Waals surface area contributed by atoms with Crippen LogP contribution in [0.1, 0.15) is 59.9 Å². The minimum absolute atomic E-state index is 0.0354. The van der Waals surface area contributed by atoms with E-state index in [2.05, 4.69) is 20.7 Å². The van der Waals surface area contributed by atoms with Crippen LogP contribution in [0.2, 0.25) is 0 Å². The van der Waals surface area contributed by atoms with E-state index >= 15 is 0 Å². The number of amides is 1. The summed E-state index contributed by atoms with van der Waals surface area (Å²) in [6.07, 6.45) is 1.33.